The second kappa shape index (κ2) is 13.6. The van der Waals surface area contributed by atoms with Crippen LogP contribution in [0, 0.1) is 0 Å². The Morgan fingerprint density at radius 1 is 0.410 bits per heavy atom. The predicted molar refractivity (Wildman–Crippen MR) is 253 cm³/mol. The van der Waals surface area contributed by atoms with Gasteiger partial charge in [-0.05, 0) is 123 Å². The first kappa shape index (κ1) is 35.2. The van der Waals surface area contributed by atoms with Gasteiger partial charge in [-0.3, -0.25) is 0 Å². The van der Waals surface area contributed by atoms with Gasteiger partial charge in [-0.15, -0.1) is 0 Å². The van der Waals surface area contributed by atoms with Crippen LogP contribution in [0.15, 0.2) is 205 Å². The molecule has 0 radical (unpaired) electrons. The van der Waals surface area contributed by atoms with Gasteiger partial charge in [0.1, 0.15) is 11.2 Å². The second-order valence-corrected chi connectivity index (χ2v) is 16.6. The summed E-state index contributed by atoms with van der Waals surface area (Å²) in [7, 11) is 0. The zero-order chi connectivity index (χ0) is 40.7. The molecule has 0 N–H and O–H groups in total. The summed E-state index contributed by atoms with van der Waals surface area (Å²) in [6.45, 7) is 4.67. The van der Waals surface area contributed by atoms with Crippen LogP contribution in [0.5, 0.6) is 0 Å². The predicted octanol–water partition coefficient (Wildman–Crippen LogP) is 15.5. The third-order valence-corrected chi connectivity index (χ3v) is 12.7. The number of hydrogen-bond acceptors (Lipinski definition) is 4. The van der Waals surface area contributed by atoms with Gasteiger partial charge in [0, 0.05) is 49.8 Å². The molecule has 0 saturated carbocycles. The average molecular weight is 782 g/mol. The zero-order valence-corrected chi connectivity index (χ0v) is 33.8. The standard InChI is InChI=1S/C57H39N3O/c1-57(2)50-18-10-8-16-45(50)46-31-29-44(35-51(46)57)60(42-25-20-37(21-26-42)36-12-4-3-5-13-36)43-27-22-38(23-28-43)56-58-52-19-11-9-17-48(52)55(59-56)41-24-30-47-49-32-39-14-6-7-15-40(39)33-54(49)61-53(47)34-41/h3-35H,1-2H3. The SMILES string of the molecule is CC1(C)c2ccccc2-c2ccc(N(c3ccc(-c4ccccc4)cc3)c3ccc(-c4nc(-c5ccc6c(c5)oc5cc7ccccc7cc56)c5ccccc5n4)cc3)cc21. The Bertz CT molecular complexity index is 3490. The zero-order valence-electron chi connectivity index (χ0n) is 33.8. The molecular formula is C57H39N3O. The molecule has 2 heterocycles. The molecule has 288 valence electrons. The molecule has 0 saturated heterocycles. The highest BCUT2D eigenvalue weighted by molar-refractivity contribution is 6.11. The van der Waals surface area contributed by atoms with E-state index in [9.17, 15) is 0 Å². The van der Waals surface area contributed by atoms with Crippen LogP contribution in [0.2, 0.25) is 0 Å². The van der Waals surface area contributed by atoms with Gasteiger partial charge in [-0.25, -0.2) is 9.97 Å². The summed E-state index contributed by atoms with van der Waals surface area (Å²) in [5.74, 6) is 0.673. The molecule has 0 aliphatic heterocycles. The number of fused-ring (bicyclic) bond motifs is 8. The van der Waals surface area contributed by atoms with Gasteiger partial charge < -0.3 is 9.32 Å². The highest BCUT2D eigenvalue weighted by Gasteiger charge is 2.35. The number of anilines is 3. The summed E-state index contributed by atoms with van der Waals surface area (Å²) >= 11 is 0. The molecule has 4 nitrogen and oxygen atoms in total. The summed E-state index contributed by atoms with van der Waals surface area (Å²) in [5.41, 5.74) is 16.2. The summed E-state index contributed by atoms with van der Waals surface area (Å²) in [4.78, 5) is 12.8. The molecule has 61 heavy (non-hydrogen) atoms. The third-order valence-electron chi connectivity index (χ3n) is 12.7. The molecule has 0 atom stereocenters. The van der Waals surface area contributed by atoms with Crippen molar-refractivity contribution in [3.63, 3.8) is 0 Å². The van der Waals surface area contributed by atoms with E-state index in [0.717, 1.165) is 72.1 Å². The minimum atomic E-state index is -0.122. The van der Waals surface area contributed by atoms with Crippen molar-refractivity contribution in [3.05, 3.63) is 211 Å². The van der Waals surface area contributed by atoms with Crippen LogP contribution in [0.4, 0.5) is 17.1 Å². The van der Waals surface area contributed by atoms with Gasteiger partial charge in [0.2, 0.25) is 0 Å². The van der Waals surface area contributed by atoms with Crippen LogP contribution in [-0.4, -0.2) is 9.97 Å². The Morgan fingerprint density at radius 2 is 1.02 bits per heavy atom. The topological polar surface area (TPSA) is 42.2 Å². The van der Waals surface area contributed by atoms with Crippen LogP contribution in [0.25, 0.3) is 88.5 Å². The molecule has 0 unspecified atom stereocenters. The summed E-state index contributed by atoms with van der Waals surface area (Å²) in [6, 6.07) is 71.3. The fraction of sp³-hybridized carbons (Fsp3) is 0.0526. The summed E-state index contributed by atoms with van der Waals surface area (Å²) in [6.07, 6.45) is 0. The molecular weight excluding hydrogens is 743 g/mol. The van der Waals surface area contributed by atoms with E-state index in [1.165, 1.54) is 38.8 Å². The molecule has 0 amide bonds. The number of furan rings is 1. The Labute approximate surface area is 354 Å². The Balaban J connectivity index is 0.952. The van der Waals surface area contributed by atoms with Crippen LogP contribution in [-0.2, 0) is 5.41 Å². The summed E-state index contributed by atoms with van der Waals surface area (Å²) in [5, 5.41) is 5.57. The molecule has 2 aromatic heterocycles. The average Bonchev–Trinajstić information content (AvgIpc) is 3.78. The number of rotatable bonds is 6. The maximum Gasteiger partial charge on any atom is 0.160 e. The fourth-order valence-corrected chi connectivity index (χ4v) is 9.51. The van der Waals surface area contributed by atoms with Gasteiger partial charge in [0.15, 0.2) is 5.82 Å². The molecule has 9 aromatic carbocycles. The smallest absolute Gasteiger partial charge is 0.160 e. The first-order valence-electron chi connectivity index (χ1n) is 20.9. The lowest BCUT2D eigenvalue weighted by molar-refractivity contribution is 0.660. The van der Waals surface area contributed by atoms with E-state index in [4.69, 9.17) is 14.4 Å². The molecule has 1 aliphatic carbocycles. The number of para-hydroxylation sites is 1. The van der Waals surface area contributed by atoms with E-state index in [-0.39, 0.29) is 5.41 Å². The molecule has 0 spiro atoms. The van der Waals surface area contributed by atoms with Gasteiger partial charge in [-0.1, -0.05) is 135 Å². The molecule has 1 aliphatic rings. The maximum absolute atomic E-state index is 6.49. The molecule has 11 aromatic rings. The highest BCUT2D eigenvalue weighted by Crippen LogP contribution is 2.51. The molecule has 12 rings (SSSR count). The first-order valence-corrected chi connectivity index (χ1v) is 20.9. The normalized spacial score (nSPS) is 12.9. The monoisotopic (exact) mass is 781 g/mol. The lowest BCUT2D eigenvalue weighted by atomic mass is 9.82. The van der Waals surface area contributed by atoms with E-state index < -0.39 is 0 Å². The largest absolute Gasteiger partial charge is 0.456 e. The van der Waals surface area contributed by atoms with Crippen molar-refractivity contribution in [3.8, 4) is 44.9 Å². The van der Waals surface area contributed by atoms with Crippen LogP contribution in [0.1, 0.15) is 25.0 Å². The van der Waals surface area contributed by atoms with E-state index >= 15 is 0 Å². The van der Waals surface area contributed by atoms with Gasteiger partial charge >= 0.3 is 0 Å². The highest BCUT2D eigenvalue weighted by atomic mass is 16.3. The second-order valence-electron chi connectivity index (χ2n) is 16.6. The van der Waals surface area contributed by atoms with Gasteiger partial charge in [0.25, 0.3) is 0 Å². The van der Waals surface area contributed by atoms with Crippen LogP contribution < -0.4 is 4.90 Å². The Kier molecular flexibility index (Phi) is 7.85. The van der Waals surface area contributed by atoms with E-state index in [0.29, 0.717) is 5.82 Å². The van der Waals surface area contributed by atoms with Crippen molar-refractivity contribution in [1.29, 1.82) is 0 Å². The van der Waals surface area contributed by atoms with Crippen molar-refractivity contribution in [2.45, 2.75) is 19.3 Å². The molecule has 0 bridgehead atoms. The minimum absolute atomic E-state index is 0.122. The number of aromatic nitrogens is 2. The van der Waals surface area contributed by atoms with E-state index in [1.807, 2.05) is 6.07 Å². The van der Waals surface area contributed by atoms with Crippen molar-refractivity contribution in [2.75, 3.05) is 4.90 Å². The molecule has 4 heteroatoms. The number of nitrogens with zero attached hydrogens (tertiary/aromatic N) is 3. The van der Waals surface area contributed by atoms with Crippen LogP contribution >= 0.6 is 0 Å². The van der Waals surface area contributed by atoms with E-state index in [1.54, 1.807) is 0 Å². The molecule has 0 fully saturated rings. The Morgan fingerprint density at radius 3 is 1.82 bits per heavy atom. The quantitative estimate of drug-likeness (QED) is 0.168. The number of hydrogen-bond donors (Lipinski definition) is 0. The van der Waals surface area contributed by atoms with Crippen molar-refractivity contribution < 1.29 is 4.42 Å². The first-order chi connectivity index (χ1) is 30.0. The lowest BCUT2D eigenvalue weighted by Gasteiger charge is -2.28. The van der Waals surface area contributed by atoms with Gasteiger partial charge in [-0.2, -0.15) is 0 Å². The lowest BCUT2D eigenvalue weighted by Crippen LogP contribution is -2.16. The maximum atomic E-state index is 6.49. The fourth-order valence-electron chi connectivity index (χ4n) is 9.51. The number of benzene rings is 9. The Hall–Kier alpha value is -7.82. The minimum Gasteiger partial charge on any atom is -0.456 e. The summed E-state index contributed by atoms with van der Waals surface area (Å²) < 4.78 is 6.49. The van der Waals surface area contributed by atoms with Crippen molar-refractivity contribution in [1.82, 2.24) is 9.97 Å². The van der Waals surface area contributed by atoms with Crippen molar-refractivity contribution >= 4 is 60.7 Å². The van der Waals surface area contributed by atoms with E-state index in [2.05, 4.69) is 213 Å². The van der Waals surface area contributed by atoms with Crippen LogP contribution in [0.3, 0.4) is 0 Å². The van der Waals surface area contributed by atoms with Crippen molar-refractivity contribution in [2.24, 2.45) is 0 Å². The third kappa shape index (κ3) is 5.75. The van der Waals surface area contributed by atoms with Gasteiger partial charge in [0.05, 0.1) is 11.2 Å².